The van der Waals surface area contributed by atoms with E-state index in [1.165, 1.54) is 11.3 Å². The maximum Gasteiger partial charge on any atom is 0.275 e. The average Bonchev–Trinajstić information content (AvgIpc) is 3.22. The molecular weight excluding hydrogens is 374 g/mol. The van der Waals surface area contributed by atoms with E-state index in [1.807, 2.05) is 52.1 Å². The topological polar surface area (TPSA) is 81.9 Å². The van der Waals surface area contributed by atoms with Crippen LogP contribution in [0.2, 0.25) is 0 Å². The molecule has 0 saturated heterocycles. The SMILES string of the molecule is Cc1cc(C(=O)Nc2nc(C(C)(C)OC(C)C)cs2)n(Cc2ccncc2)n1. The van der Waals surface area contributed by atoms with Gasteiger partial charge in [0, 0.05) is 17.8 Å². The molecule has 3 aromatic heterocycles. The second-order valence-electron chi connectivity index (χ2n) is 7.35. The van der Waals surface area contributed by atoms with Crippen molar-refractivity contribution in [1.82, 2.24) is 19.7 Å². The highest BCUT2D eigenvalue weighted by molar-refractivity contribution is 7.14. The van der Waals surface area contributed by atoms with E-state index in [4.69, 9.17) is 4.74 Å². The summed E-state index contributed by atoms with van der Waals surface area (Å²) in [6, 6.07) is 5.59. The molecule has 0 aromatic carbocycles. The Labute approximate surface area is 168 Å². The Kier molecular flexibility index (Phi) is 5.90. The van der Waals surface area contributed by atoms with Crippen molar-refractivity contribution in [3.05, 3.63) is 58.6 Å². The lowest BCUT2D eigenvalue weighted by atomic mass is 10.1. The van der Waals surface area contributed by atoms with Gasteiger partial charge in [-0.15, -0.1) is 11.3 Å². The van der Waals surface area contributed by atoms with Crippen LogP contribution in [-0.4, -0.2) is 31.8 Å². The minimum atomic E-state index is -0.520. The molecule has 3 rings (SSSR count). The first-order valence-corrected chi connectivity index (χ1v) is 10.0. The number of aryl methyl sites for hydroxylation is 1. The van der Waals surface area contributed by atoms with E-state index in [2.05, 4.69) is 20.4 Å². The fourth-order valence-electron chi connectivity index (χ4n) is 2.93. The van der Waals surface area contributed by atoms with E-state index in [0.717, 1.165) is 17.0 Å². The minimum absolute atomic E-state index is 0.0836. The lowest BCUT2D eigenvalue weighted by Gasteiger charge is -2.25. The minimum Gasteiger partial charge on any atom is -0.367 e. The number of carbonyl (C=O) groups excluding carboxylic acids is 1. The zero-order valence-corrected chi connectivity index (χ0v) is 17.6. The van der Waals surface area contributed by atoms with Crippen LogP contribution in [0.5, 0.6) is 0 Å². The average molecular weight is 400 g/mol. The van der Waals surface area contributed by atoms with Crippen LogP contribution in [0.25, 0.3) is 0 Å². The summed E-state index contributed by atoms with van der Waals surface area (Å²) >= 11 is 1.38. The molecule has 0 unspecified atom stereocenters. The molecule has 0 radical (unpaired) electrons. The van der Waals surface area contributed by atoms with Crippen molar-refractivity contribution in [2.24, 2.45) is 0 Å². The van der Waals surface area contributed by atoms with Crippen LogP contribution in [0.15, 0.2) is 36.0 Å². The number of nitrogens with zero attached hydrogens (tertiary/aromatic N) is 4. The van der Waals surface area contributed by atoms with Crippen molar-refractivity contribution in [1.29, 1.82) is 0 Å². The molecule has 0 atom stereocenters. The number of pyridine rings is 1. The van der Waals surface area contributed by atoms with E-state index in [9.17, 15) is 4.79 Å². The summed E-state index contributed by atoms with van der Waals surface area (Å²) in [4.78, 5) is 21.4. The van der Waals surface area contributed by atoms with Gasteiger partial charge in [0.25, 0.3) is 5.91 Å². The monoisotopic (exact) mass is 399 g/mol. The molecule has 148 valence electrons. The fourth-order valence-corrected chi connectivity index (χ4v) is 3.79. The van der Waals surface area contributed by atoms with Crippen LogP contribution in [0, 0.1) is 6.92 Å². The molecule has 0 spiro atoms. The summed E-state index contributed by atoms with van der Waals surface area (Å²) in [6.45, 7) is 10.3. The molecule has 1 N–H and O–H groups in total. The lowest BCUT2D eigenvalue weighted by molar-refractivity contribution is -0.0623. The molecule has 0 aliphatic carbocycles. The molecule has 0 aliphatic rings. The number of thiazole rings is 1. The summed E-state index contributed by atoms with van der Waals surface area (Å²) in [5, 5.41) is 9.78. The lowest BCUT2D eigenvalue weighted by Crippen LogP contribution is -2.26. The first kappa shape index (κ1) is 20.2. The van der Waals surface area contributed by atoms with Gasteiger partial charge in [0.2, 0.25) is 0 Å². The fraction of sp³-hybridized carbons (Fsp3) is 0.400. The third-order valence-electron chi connectivity index (χ3n) is 4.09. The maximum absolute atomic E-state index is 12.8. The van der Waals surface area contributed by atoms with Crippen LogP contribution in [-0.2, 0) is 16.9 Å². The van der Waals surface area contributed by atoms with Crippen LogP contribution in [0.4, 0.5) is 5.13 Å². The molecule has 0 saturated carbocycles. The third kappa shape index (κ3) is 4.82. The third-order valence-corrected chi connectivity index (χ3v) is 4.85. The van der Waals surface area contributed by atoms with E-state index in [-0.39, 0.29) is 12.0 Å². The van der Waals surface area contributed by atoms with Crippen LogP contribution in [0.1, 0.15) is 55.1 Å². The highest BCUT2D eigenvalue weighted by Gasteiger charge is 2.26. The number of amides is 1. The van der Waals surface area contributed by atoms with Gasteiger partial charge < -0.3 is 4.74 Å². The van der Waals surface area contributed by atoms with Crippen LogP contribution in [0.3, 0.4) is 0 Å². The predicted octanol–water partition coefficient (Wildman–Crippen LogP) is 4.00. The molecule has 28 heavy (non-hydrogen) atoms. The standard InChI is InChI=1S/C20H25N5O2S/c1-13(2)27-20(4,5)17-12-28-19(22-17)23-18(26)16-10-14(3)24-25(16)11-15-6-8-21-9-7-15/h6-10,12-13H,11H2,1-5H3,(H,22,23,26). The summed E-state index contributed by atoms with van der Waals surface area (Å²) in [6.07, 6.45) is 3.53. The van der Waals surface area contributed by atoms with E-state index < -0.39 is 5.60 Å². The molecule has 0 aliphatic heterocycles. The van der Waals surface area contributed by atoms with Gasteiger partial charge in [0.15, 0.2) is 5.13 Å². The van der Waals surface area contributed by atoms with Crippen molar-refractivity contribution in [3.63, 3.8) is 0 Å². The number of ether oxygens (including phenoxy) is 1. The number of hydrogen-bond donors (Lipinski definition) is 1. The molecule has 1 amide bonds. The number of carbonyl (C=O) groups is 1. The Morgan fingerprint density at radius 2 is 2.04 bits per heavy atom. The van der Waals surface area contributed by atoms with Crippen LogP contribution < -0.4 is 5.32 Å². The largest absolute Gasteiger partial charge is 0.367 e. The van der Waals surface area contributed by atoms with E-state index in [0.29, 0.717) is 17.4 Å². The molecule has 0 fully saturated rings. The van der Waals surface area contributed by atoms with Crippen molar-refractivity contribution in [2.45, 2.75) is 52.9 Å². The molecule has 0 bridgehead atoms. The number of nitrogens with one attached hydrogen (secondary N) is 1. The zero-order valence-electron chi connectivity index (χ0n) is 16.8. The van der Waals surface area contributed by atoms with Crippen molar-refractivity contribution in [3.8, 4) is 0 Å². The molecule has 7 nitrogen and oxygen atoms in total. The number of rotatable bonds is 7. The first-order chi connectivity index (χ1) is 13.2. The van der Waals surface area contributed by atoms with Gasteiger partial charge in [-0.05, 0) is 58.4 Å². The second-order valence-corrected chi connectivity index (χ2v) is 8.21. The van der Waals surface area contributed by atoms with E-state index in [1.54, 1.807) is 23.1 Å². The van der Waals surface area contributed by atoms with Gasteiger partial charge in [-0.1, -0.05) is 0 Å². The van der Waals surface area contributed by atoms with Crippen molar-refractivity contribution in [2.75, 3.05) is 5.32 Å². The number of hydrogen-bond acceptors (Lipinski definition) is 6. The zero-order chi connectivity index (χ0) is 20.3. The highest BCUT2D eigenvalue weighted by atomic mass is 32.1. The molecule has 3 aromatic rings. The summed E-state index contributed by atoms with van der Waals surface area (Å²) in [5.74, 6) is -0.238. The maximum atomic E-state index is 12.8. The number of aromatic nitrogens is 4. The number of anilines is 1. The summed E-state index contributed by atoms with van der Waals surface area (Å²) in [7, 11) is 0. The molecule has 8 heteroatoms. The normalized spacial score (nSPS) is 11.8. The Bertz CT molecular complexity index is 947. The predicted molar refractivity (Wildman–Crippen MR) is 110 cm³/mol. The Morgan fingerprint density at radius 1 is 1.32 bits per heavy atom. The molecule has 3 heterocycles. The second kappa shape index (κ2) is 8.20. The Morgan fingerprint density at radius 3 is 2.71 bits per heavy atom. The van der Waals surface area contributed by atoms with Gasteiger partial charge in [0.05, 0.1) is 24.0 Å². The Balaban J connectivity index is 1.76. The van der Waals surface area contributed by atoms with Crippen molar-refractivity contribution < 1.29 is 9.53 Å². The van der Waals surface area contributed by atoms with Gasteiger partial charge in [0.1, 0.15) is 11.3 Å². The van der Waals surface area contributed by atoms with Gasteiger partial charge in [-0.3, -0.25) is 19.8 Å². The van der Waals surface area contributed by atoms with Gasteiger partial charge in [-0.25, -0.2) is 4.98 Å². The van der Waals surface area contributed by atoms with E-state index >= 15 is 0 Å². The Hall–Kier alpha value is -2.58. The summed E-state index contributed by atoms with van der Waals surface area (Å²) < 4.78 is 7.62. The smallest absolute Gasteiger partial charge is 0.275 e. The van der Waals surface area contributed by atoms with Gasteiger partial charge >= 0.3 is 0 Å². The van der Waals surface area contributed by atoms with Crippen molar-refractivity contribution >= 4 is 22.4 Å². The highest BCUT2D eigenvalue weighted by Crippen LogP contribution is 2.29. The quantitative estimate of drug-likeness (QED) is 0.649. The van der Waals surface area contributed by atoms with Crippen LogP contribution >= 0.6 is 11.3 Å². The van der Waals surface area contributed by atoms with Gasteiger partial charge in [-0.2, -0.15) is 5.10 Å². The molecular formula is C20H25N5O2S. The first-order valence-electron chi connectivity index (χ1n) is 9.13. The summed E-state index contributed by atoms with van der Waals surface area (Å²) in [5.41, 5.74) is 2.57.